The second-order valence-corrected chi connectivity index (χ2v) is 7.72. The summed E-state index contributed by atoms with van der Waals surface area (Å²) in [6, 6.07) is 7.13. The van der Waals surface area contributed by atoms with E-state index in [-0.39, 0.29) is 18.4 Å². The van der Waals surface area contributed by atoms with Crippen LogP contribution in [0.25, 0.3) is 5.69 Å². The Bertz CT molecular complexity index is 1140. The molecule has 32 heavy (non-hydrogen) atoms. The van der Waals surface area contributed by atoms with Crippen molar-refractivity contribution in [3.05, 3.63) is 65.0 Å². The highest BCUT2D eigenvalue weighted by Crippen LogP contribution is 2.22. The van der Waals surface area contributed by atoms with Gasteiger partial charge < -0.3 is 15.4 Å². The first-order valence-corrected chi connectivity index (χ1v) is 10.6. The minimum absolute atomic E-state index is 0.0309. The summed E-state index contributed by atoms with van der Waals surface area (Å²) in [5.41, 5.74) is 5.28. The number of fused-ring (bicyclic) bond motifs is 1. The second-order valence-electron chi connectivity index (χ2n) is 7.72. The molecule has 2 heterocycles. The number of methoxy groups -OCH3 is 1. The number of ether oxygens (including phenoxy) is 1. The van der Waals surface area contributed by atoms with Gasteiger partial charge in [-0.3, -0.25) is 9.59 Å². The van der Waals surface area contributed by atoms with E-state index in [1.807, 2.05) is 13.0 Å². The van der Waals surface area contributed by atoms with Gasteiger partial charge in [-0.15, -0.1) is 0 Å². The van der Waals surface area contributed by atoms with Gasteiger partial charge in [-0.25, -0.2) is 14.6 Å². The summed E-state index contributed by atoms with van der Waals surface area (Å²) >= 11 is 0. The van der Waals surface area contributed by atoms with E-state index in [4.69, 9.17) is 4.74 Å². The van der Waals surface area contributed by atoms with Crippen molar-refractivity contribution < 1.29 is 14.3 Å². The Morgan fingerprint density at radius 3 is 2.94 bits per heavy atom. The van der Waals surface area contributed by atoms with Gasteiger partial charge in [-0.05, 0) is 49.9 Å². The lowest BCUT2D eigenvalue weighted by molar-refractivity contribution is -0.119. The maximum Gasteiger partial charge on any atom is 0.251 e. The zero-order chi connectivity index (χ0) is 22.5. The number of hydrogen-bond acceptors (Lipinski definition) is 6. The van der Waals surface area contributed by atoms with Crippen LogP contribution >= 0.6 is 0 Å². The highest BCUT2D eigenvalue weighted by molar-refractivity contribution is 5.94. The number of rotatable bonds is 8. The number of hydrogen-bond donors (Lipinski definition) is 2. The molecule has 0 radical (unpaired) electrons. The number of amides is 2. The fraction of sp³-hybridized carbons (Fsp3) is 0.348. The fourth-order valence-corrected chi connectivity index (χ4v) is 3.83. The Morgan fingerprint density at radius 1 is 1.22 bits per heavy atom. The number of nitrogens with one attached hydrogen (secondary N) is 2. The fourth-order valence-electron chi connectivity index (χ4n) is 3.83. The molecule has 0 spiro atoms. The Balaban J connectivity index is 1.36. The number of aryl methyl sites for hydroxylation is 2. The Hall–Kier alpha value is -3.59. The van der Waals surface area contributed by atoms with Crippen LogP contribution in [-0.4, -0.2) is 51.8 Å². The maximum absolute atomic E-state index is 12.6. The van der Waals surface area contributed by atoms with Gasteiger partial charge in [0.25, 0.3) is 5.91 Å². The summed E-state index contributed by atoms with van der Waals surface area (Å²) in [5, 5.41) is 9.89. The van der Waals surface area contributed by atoms with Crippen molar-refractivity contribution in [1.82, 2.24) is 25.1 Å². The molecule has 4 rings (SSSR count). The van der Waals surface area contributed by atoms with E-state index in [9.17, 15) is 9.59 Å². The smallest absolute Gasteiger partial charge is 0.251 e. The molecule has 1 aliphatic rings. The van der Waals surface area contributed by atoms with Gasteiger partial charge in [0.2, 0.25) is 5.91 Å². The number of nitrogens with zero attached hydrogens (tertiary/aromatic N) is 4. The minimum Gasteiger partial charge on any atom is -0.375 e. The standard InChI is InChI=1S/C23H26N6O3/c1-15-19-7-4-8-20(19)28-21(26-15)9-10-24-23(31)16-5-3-6-18(11-16)29-13-17(12-25-29)27-22(30)14-32-2/h3,5-6,11-13H,4,7-10,14H2,1-2H3,(H,24,31)(H,27,30). The lowest BCUT2D eigenvalue weighted by atomic mass is 10.2. The molecule has 0 aliphatic heterocycles. The van der Waals surface area contributed by atoms with Gasteiger partial charge in [-0.1, -0.05) is 6.07 Å². The van der Waals surface area contributed by atoms with Gasteiger partial charge in [0.1, 0.15) is 12.4 Å². The number of carbonyl (C=O) groups excluding carboxylic acids is 2. The third kappa shape index (κ3) is 5.00. The summed E-state index contributed by atoms with van der Waals surface area (Å²) in [4.78, 5) is 33.5. The molecule has 9 heteroatoms. The van der Waals surface area contributed by atoms with Crippen LogP contribution in [0, 0.1) is 6.92 Å². The average molecular weight is 435 g/mol. The van der Waals surface area contributed by atoms with Gasteiger partial charge in [0, 0.05) is 37.0 Å². The predicted molar refractivity (Wildman–Crippen MR) is 119 cm³/mol. The maximum atomic E-state index is 12.6. The molecule has 2 N–H and O–H groups in total. The lowest BCUT2D eigenvalue weighted by Gasteiger charge is -2.09. The number of carbonyl (C=O) groups is 2. The molecule has 2 amide bonds. The van der Waals surface area contributed by atoms with Gasteiger partial charge >= 0.3 is 0 Å². The van der Waals surface area contributed by atoms with Crippen molar-refractivity contribution >= 4 is 17.5 Å². The first-order valence-electron chi connectivity index (χ1n) is 10.6. The predicted octanol–water partition coefficient (Wildman–Crippen LogP) is 2.02. The molecule has 0 bridgehead atoms. The molecule has 0 fully saturated rings. The molecule has 1 aliphatic carbocycles. The first-order chi connectivity index (χ1) is 15.5. The molecule has 166 valence electrons. The largest absolute Gasteiger partial charge is 0.375 e. The number of anilines is 1. The molecule has 0 saturated carbocycles. The SMILES string of the molecule is COCC(=O)Nc1cnn(-c2cccc(C(=O)NCCc3nc(C)c4c(n3)CCC4)c2)c1. The summed E-state index contributed by atoms with van der Waals surface area (Å²) in [5.74, 6) is 0.338. The van der Waals surface area contributed by atoms with Gasteiger partial charge in [-0.2, -0.15) is 5.10 Å². The molecular weight excluding hydrogens is 408 g/mol. The third-order valence-electron chi connectivity index (χ3n) is 5.34. The van der Waals surface area contributed by atoms with E-state index in [1.165, 1.54) is 12.7 Å². The van der Waals surface area contributed by atoms with E-state index < -0.39 is 0 Å². The van der Waals surface area contributed by atoms with E-state index >= 15 is 0 Å². The first kappa shape index (κ1) is 21.6. The van der Waals surface area contributed by atoms with Crippen molar-refractivity contribution in [1.29, 1.82) is 0 Å². The highest BCUT2D eigenvalue weighted by Gasteiger charge is 2.17. The molecular formula is C23H26N6O3. The van der Waals surface area contributed by atoms with Crippen molar-refractivity contribution in [3.63, 3.8) is 0 Å². The van der Waals surface area contributed by atoms with Crippen molar-refractivity contribution in [2.45, 2.75) is 32.6 Å². The number of benzene rings is 1. The molecule has 1 aromatic carbocycles. The topological polar surface area (TPSA) is 111 Å². The van der Waals surface area contributed by atoms with E-state index in [0.29, 0.717) is 29.9 Å². The van der Waals surface area contributed by atoms with Crippen LogP contribution in [0.3, 0.4) is 0 Å². The summed E-state index contributed by atoms with van der Waals surface area (Å²) in [6.07, 6.45) is 7.01. The summed E-state index contributed by atoms with van der Waals surface area (Å²) < 4.78 is 6.40. The molecule has 0 unspecified atom stereocenters. The summed E-state index contributed by atoms with van der Waals surface area (Å²) in [7, 11) is 1.46. The van der Waals surface area contributed by atoms with Crippen LogP contribution in [-0.2, 0) is 28.8 Å². The monoisotopic (exact) mass is 434 g/mol. The summed E-state index contributed by atoms with van der Waals surface area (Å²) in [6.45, 7) is 2.46. The van der Waals surface area contributed by atoms with Crippen molar-refractivity contribution in [2.75, 3.05) is 25.6 Å². The second kappa shape index (κ2) is 9.69. The van der Waals surface area contributed by atoms with E-state index in [0.717, 1.165) is 36.5 Å². The zero-order valence-electron chi connectivity index (χ0n) is 18.2. The third-order valence-corrected chi connectivity index (χ3v) is 5.34. The van der Waals surface area contributed by atoms with Crippen LogP contribution in [0.1, 0.15) is 39.6 Å². The Kier molecular flexibility index (Phi) is 6.55. The Morgan fingerprint density at radius 2 is 2.09 bits per heavy atom. The quantitative estimate of drug-likeness (QED) is 0.561. The molecule has 9 nitrogen and oxygen atoms in total. The van der Waals surface area contributed by atoms with Crippen LogP contribution in [0.2, 0.25) is 0 Å². The highest BCUT2D eigenvalue weighted by atomic mass is 16.5. The normalized spacial score (nSPS) is 12.4. The molecule has 0 atom stereocenters. The van der Waals surface area contributed by atoms with Crippen LogP contribution in [0.4, 0.5) is 5.69 Å². The van der Waals surface area contributed by atoms with Gasteiger partial charge in [0.05, 0.1) is 23.8 Å². The Labute approximate surface area is 186 Å². The van der Waals surface area contributed by atoms with E-state index in [2.05, 4.69) is 25.7 Å². The minimum atomic E-state index is -0.261. The average Bonchev–Trinajstić information content (AvgIpc) is 3.44. The van der Waals surface area contributed by atoms with Crippen molar-refractivity contribution in [3.8, 4) is 5.69 Å². The van der Waals surface area contributed by atoms with Gasteiger partial charge in [0.15, 0.2) is 0 Å². The van der Waals surface area contributed by atoms with E-state index in [1.54, 1.807) is 35.3 Å². The molecule has 3 aromatic rings. The molecule has 0 saturated heterocycles. The van der Waals surface area contributed by atoms with Crippen LogP contribution in [0.5, 0.6) is 0 Å². The molecule has 2 aromatic heterocycles. The van der Waals surface area contributed by atoms with Crippen LogP contribution < -0.4 is 10.6 Å². The lowest BCUT2D eigenvalue weighted by Crippen LogP contribution is -2.26. The zero-order valence-corrected chi connectivity index (χ0v) is 18.2. The van der Waals surface area contributed by atoms with Crippen molar-refractivity contribution in [2.24, 2.45) is 0 Å². The van der Waals surface area contributed by atoms with Crippen LogP contribution in [0.15, 0.2) is 36.7 Å². The number of aromatic nitrogens is 4.